The van der Waals surface area contributed by atoms with Crippen LogP contribution in [0.1, 0.15) is 27.7 Å². The Bertz CT molecular complexity index is 215. The van der Waals surface area contributed by atoms with Gasteiger partial charge in [-0.2, -0.15) is 0 Å². The monoisotopic (exact) mass is 232 g/mol. The van der Waals surface area contributed by atoms with E-state index in [0.29, 0.717) is 5.92 Å². The quantitative estimate of drug-likeness (QED) is 0.476. The Morgan fingerprint density at radius 3 is 2.12 bits per heavy atom. The third-order valence-corrected chi connectivity index (χ3v) is 2.76. The van der Waals surface area contributed by atoms with Gasteiger partial charge in [-0.15, -0.1) is 0 Å². The Balaban J connectivity index is 3.98. The van der Waals surface area contributed by atoms with Gasteiger partial charge >= 0.3 is 0 Å². The zero-order chi connectivity index (χ0) is 12.8. The van der Waals surface area contributed by atoms with Gasteiger partial charge in [0, 0.05) is 6.04 Å². The molecule has 96 valence electrons. The van der Waals surface area contributed by atoms with Crippen molar-refractivity contribution < 1.29 is 15.0 Å². The minimum atomic E-state index is -0.807. The third-order valence-electron chi connectivity index (χ3n) is 2.76. The molecule has 1 atom stereocenters. The van der Waals surface area contributed by atoms with Crippen LogP contribution < -0.4 is 10.6 Å². The second-order valence-corrected chi connectivity index (χ2v) is 4.83. The van der Waals surface area contributed by atoms with Crippen molar-refractivity contribution >= 4 is 5.91 Å². The number of aliphatic hydroxyl groups excluding tert-OH is 2. The van der Waals surface area contributed by atoms with E-state index in [9.17, 15) is 4.79 Å². The topological polar surface area (TPSA) is 81.6 Å². The number of carbonyl (C=O) groups excluding carboxylic acids is 1. The predicted octanol–water partition coefficient (Wildman–Crippen LogP) is -0.520. The van der Waals surface area contributed by atoms with Crippen molar-refractivity contribution in [2.24, 2.45) is 5.92 Å². The van der Waals surface area contributed by atoms with Crippen molar-refractivity contribution in [2.75, 3.05) is 19.8 Å². The van der Waals surface area contributed by atoms with Crippen molar-refractivity contribution in [1.82, 2.24) is 10.6 Å². The Labute approximate surface area is 97.2 Å². The smallest absolute Gasteiger partial charge is 0.234 e. The summed E-state index contributed by atoms with van der Waals surface area (Å²) >= 11 is 0. The standard InChI is InChI=1S/C11H24N2O3/c1-8(2)9(3)13-10(16)5-12-11(4,6-14)7-15/h8-9,12,14-15H,5-7H2,1-4H3,(H,13,16). The number of rotatable bonds is 7. The highest BCUT2D eigenvalue weighted by atomic mass is 16.3. The molecule has 16 heavy (non-hydrogen) atoms. The molecular weight excluding hydrogens is 208 g/mol. The van der Waals surface area contributed by atoms with Crippen LogP contribution in [0.2, 0.25) is 0 Å². The molecule has 0 fully saturated rings. The van der Waals surface area contributed by atoms with Crippen LogP contribution in [0, 0.1) is 5.92 Å². The fraction of sp³-hybridized carbons (Fsp3) is 0.909. The molecule has 5 heteroatoms. The molecule has 0 aliphatic heterocycles. The van der Waals surface area contributed by atoms with E-state index in [0.717, 1.165) is 0 Å². The Morgan fingerprint density at radius 2 is 1.75 bits per heavy atom. The summed E-state index contributed by atoms with van der Waals surface area (Å²) in [6.07, 6.45) is 0. The Kier molecular flexibility index (Phi) is 6.55. The number of hydrogen-bond acceptors (Lipinski definition) is 4. The highest BCUT2D eigenvalue weighted by molar-refractivity contribution is 5.78. The largest absolute Gasteiger partial charge is 0.394 e. The molecule has 0 aliphatic rings. The normalized spacial score (nSPS) is 13.9. The van der Waals surface area contributed by atoms with Crippen LogP contribution in [0.3, 0.4) is 0 Å². The molecule has 0 saturated heterocycles. The van der Waals surface area contributed by atoms with E-state index in [1.165, 1.54) is 0 Å². The summed E-state index contributed by atoms with van der Waals surface area (Å²) in [5.41, 5.74) is -0.807. The first kappa shape index (κ1) is 15.3. The van der Waals surface area contributed by atoms with Gasteiger partial charge in [0.25, 0.3) is 0 Å². The highest BCUT2D eigenvalue weighted by Crippen LogP contribution is 2.01. The van der Waals surface area contributed by atoms with E-state index in [1.807, 2.05) is 20.8 Å². The Morgan fingerprint density at radius 1 is 1.25 bits per heavy atom. The molecule has 0 bridgehead atoms. The zero-order valence-electron chi connectivity index (χ0n) is 10.6. The molecule has 1 unspecified atom stereocenters. The van der Waals surface area contributed by atoms with Crippen molar-refractivity contribution in [3.8, 4) is 0 Å². The molecule has 5 nitrogen and oxygen atoms in total. The van der Waals surface area contributed by atoms with Crippen molar-refractivity contribution in [2.45, 2.75) is 39.3 Å². The maximum atomic E-state index is 11.5. The molecule has 0 saturated carbocycles. The summed E-state index contributed by atoms with van der Waals surface area (Å²) in [4.78, 5) is 11.5. The van der Waals surface area contributed by atoms with E-state index in [-0.39, 0.29) is 31.7 Å². The number of nitrogens with one attached hydrogen (secondary N) is 2. The van der Waals surface area contributed by atoms with Gasteiger partial charge in [-0.05, 0) is 19.8 Å². The fourth-order valence-electron chi connectivity index (χ4n) is 0.927. The van der Waals surface area contributed by atoms with E-state index >= 15 is 0 Å². The van der Waals surface area contributed by atoms with Gasteiger partial charge in [-0.3, -0.25) is 10.1 Å². The lowest BCUT2D eigenvalue weighted by Crippen LogP contribution is -2.53. The van der Waals surface area contributed by atoms with Gasteiger partial charge in [0.15, 0.2) is 0 Å². The van der Waals surface area contributed by atoms with Crippen LogP contribution in [0.5, 0.6) is 0 Å². The molecule has 0 spiro atoms. The van der Waals surface area contributed by atoms with Gasteiger partial charge in [-0.1, -0.05) is 13.8 Å². The third kappa shape index (κ3) is 5.44. The van der Waals surface area contributed by atoms with Gasteiger partial charge in [0.2, 0.25) is 5.91 Å². The van der Waals surface area contributed by atoms with Gasteiger partial charge in [0.1, 0.15) is 0 Å². The molecule has 0 aromatic carbocycles. The molecule has 0 aromatic rings. The maximum Gasteiger partial charge on any atom is 0.234 e. The summed E-state index contributed by atoms with van der Waals surface area (Å²) in [5, 5.41) is 23.7. The van der Waals surface area contributed by atoms with E-state index in [2.05, 4.69) is 10.6 Å². The summed E-state index contributed by atoms with van der Waals surface area (Å²) < 4.78 is 0. The molecule has 0 radical (unpaired) electrons. The molecule has 4 N–H and O–H groups in total. The summed E-state index contributed by atoms with van der Waals surface area (Å²) in [6, 6.07) is 0.115. The lowest BCUT2D eigenvalue weighted by atomic mass is 10.1. The van der Waals surface area contributed by atoms with Crippen LogP contribution in [0.25, 0.3) is 0 Å². The number of aliphatic hydroxyl groups is 2. The van der Waals surface area contributed by atoms with Gasteiger partial charge in [0.05, 0.1) is 25.3 Å². The molecule has 0 aromatic heterocycles. The van der Waals surface area contributed by atoms with E-state index in [4.69, 9.17) is 10.2 Å². The summed E-state index contributed by atoms with van der Waals surface area (Å²) in [5.74, 6) is 0.250. The fourth-order valence-corrected chi connectivity index (χ4v) is 0.927. The predicted molar refractivity (Wildman–Crippen MR) is 63.0 cm³/mol. The maximum absolute atomic E-state index is 11.5. The summed E-state index contributed by atoms with van der Waals surface area (Å²) in [7, 11) is 0. The Hall–Kier alpha value is -0.650. The van der Waals surface area contributed by atoms with E-state index < -0.39 is 5.54 Å². The molecule has 0 heterocycles. The second-order valence-electron chi connectivity index (χ2n) is 4.83. The first-order valence-electron chi connectivity index (χ1n) is 5.60. The minimum Gasteiger partial charge on any atom is -0.394 e. The molecule has 0 aliphatic carbocycles. The number of amides is 1. The lowest BCUT2D eigenvalue weighted by Gasteiger charge is -2.26. The van der Waals surface area contributed by atoms with Crippen LogP contribution in [-0.2, 0) is 4.79 Å². The highest BCUT2D eigenvalue weighted by Gasteiger charge is 2.22. The van der Waals surface area contributed by atoms with Crippen molar-refractivity contribution in [3.05, 3.63) is 0 Å². The first-order valence-corrected chi connectivity index (χ1v) is 5.60. The van der Waals surface area contributed by atoms with Crippen LogP contribution >= 0.6 is 0 Å². The van der Waals surface area contributed by atoms with Gasteiger partial charge < -0.3 is 15.5 Å². The average Bonchev–Trinajstić information content (AvgIpc) is 2.25. The van der Waals surface area contributed by atoms with Crippen molar-refractivity contribution in [3.63, 3.8) is 0 Å². The zero-order valence-corrected chi connectivity index (χ0v) is 10.6. The molecule has 0 rings (SSSR count). The van der Waals surface area contributed by atoms with E-state index in [1.54, 1.807) is 6.92 Å². The van der Waals surface area contributed by atoms with Crippen LogP contribution in [0.4, 0.5) is 0 Å². The van der Waals surface area contributed by atoms with Crippen LogP contribution in [-0.4, -0.2) is 47.5 Å². The van der Waals surface area contributed by atoms with Crippen LogP contribution in [0.15, 0.2) is 0 Å². The van der Waals surface area contributed by atoms with Gasteiger partial charge in [-0.25, -0.2) is 0 Å². The lowest BCUT2D eigenvalue weighted by molar-refractivity contribution is -0.121. The summed E-state index contributed by atoms with van der Waals surface area (Å²) in [6.45, 7) is 7.33. The average molecular weight is 232 g/mol. The molecular formula is C11H24N2O3. The number of hydrogen-bond donors (Lipinski definition) is 4. The first-order chi connectivity index (χ1) is 7.34. The number of carbonyl (C=O) groups is 1. The second kappa shape index (κ2) is 6.83. The SMILES string of the molecule is CC(C)C(C)NC(=O)CNC(C)(CO)CO. The molecule has 1 amide bonds. The van der Waals surface area contributed by atoms with Crippen molar-refractivity contribution in [1.29, 1.82) is 0 Å². The minimum absolute atomic E-state index is 0.0919.